The van der Waals surface area contributed by atoms with Crippen LogP contribution in [0.2, 0.25) is 0 Å². The lowest BCUT2D eigenvalue weighted by atomic mass is 9.99. The molecule has 140 valence electrons. The lowest BCUT2D eigenvalue weighted by Crippen LogP contribution is -2.31. The Hall–Kier alpha value is -2.66. The van der Waals surface area contributed by atoms with Crippen molar-refractivity contribution in [2.45, 2.75) is 38.1 Å². The molecule has 1 aliphatic rings. The maximum absolute atomic E-state index is 13.1. The third kappa shape index (κ3) is 4.03. The Morgan fingerprint density at radius 3 is 2.48 bits per heavy atom. The van der Waals surface area contributed by atoms with E-state index in [2.05, 4.69) is 29.6 Å². The highest BCUT2D eigenvalue weighted by Crippen LogP contribution is 2.23. The van der Waals surface area contributed by atoms with Crippen LogP contribution in [0.15, 0.2) is 65.5 Å². The van der Waals surface area contributed by atoms with E-state index in [1.807, 2.05) is 36.4 Å². The Morgan fingerprint density at radius 1 is 1.04 bits per heavy atom. The second-order valence-electron chi connectivity index (χ2n) is 7.17. The molecule has 4 rings (SSSR count). The van der Waals surface area contributed by atoms with Crippen molar-refractivity contribution in [3.05, 3.63) is 82.5 Å². The number of rotatable bonds is 6. The van der Waals surface area contributed by atoms with Gasteiger partial charge in [0.15, 0.2) is 0 Å². The van der Waals surface area contributed by atoms with Gasteiger partial charge in [-0.05, 0) is 49.9 Å². The summed E-state index contributed by atoms with van der Waals surface area (Å²) in [6.45, 7) is 2.57. The summed E-state index contributed by atoms with van der Waals surface area (Å²) in [6, 6.07) is 20.3. The number of hydrogen-bond acceptors (Lipinski definition) is 3. The van der Waals surface area contributed by atoms with Gasteiger partial charge in [-0.3, -0.25) is 0 Å². The summed E-state index contributed by atoms with van der Waals surface area (Å²) in [7, 11) is 0. The van der Waals surface area contributed by atoms with E-state index in [-0.39, 0.29) is 11.6 Å². The predicted molar refractivity (Wildman–Crippen MR) is 107 cm³/mol. The van der Waals surface area contributed by atoms with Crippen LogP contribution < -0.4 is 11.0 Å². The topological polar surface area (TPSA) is 51.9 Å². The number of benzene rings is 2. The van der Waals surface area contributed by atoms with Crippen LogP contribution in [0.4, 0.5) is 0 Å². The Balaban J connectivity index is 1.60. The van der Waals surface area contributed by atoms with E-state index < -0.39 is 0 Å². The Labute approximate surface area is 159 Å². The Kier molecular flexibility index (Phi) is 5.49. The summed E-state index contributed by atoms with van der Waals surface area (Å²) >= 11 is 0. The van der Waals surface area contributed by atoms with Gasteiger partial charge in [0.05, 0.1) is 5.69 Å². The van der Waals surface area contributed by atoms with Crippen LogP contribution >= 0.6 is 0 Å². The van der Waals surface area contributed by atoms with Crippen molar-refractivity contribution in [1.82, 2.24) is 19.7 Å². The first kappa shape index (κ1) is 17.7. The lowest BCUT2D eigenvalue weighted by Gasteiger charge is -2.22. The molecule has 0 spiro atoms. The standard InChI is InChI=1S/C22H26N4O/c27-22-25(16-8-11-18-9-3-1-4-10-18)24-21(19-12-7-15-23-17-19)26(22)20-13-5-2-6-14-20/h1-6,9-10,13-14,19,23H,7-8,11-12,15-17H2/t19-/m0/s1. The summed E-state index contributed by atoms with van der Waals surface area (Å²) in [5.74, 6) is 1.17. The molecule has 3 aromatic rings. The van der Waals surface area contributed by atoms with Crippen LogP contribution in [0.25, 0.3) is 5.69 Å². The van der Waals surface area contributed by atoms with Gasteiger partial charge in [0.25, 0.3) is 0 Å². The third-order valence-electron chi connectivity index (χ3n) is 5.22. The normalized spacial score (nSPS) is 17.1. The van der Waals surface area contributed by atoms with Gasteiger partial charge < -0.3 is 5.32 Å². The fraction of sp³-hybridized carbons (Fsp3) is 0.364. The van der Waals surface area contributed by atoms with Gasteiger partial charge in [0.2, 0.25) is 0 Å². The number of hydrogen-bond donors (Lipinski definition) is 1. The van der Waals surface area contributed by atoms with Crippen molar-refractivity contribution >= 4 is 0 Å². The number of aryl methyl sites for hydroxylation is 2. The molecule has 1 fully saturated rings. The first-order valence-electron chi connectivity index (χ1n) is 9.83. The molecule has 5 nitrogen and oxygen atoms in total. The highest BCUT2D eigenvalue weighted by molar-refractivity contribution is 5.33. The van der Waals surface area contributed by atoms with Crippen LogP contribution in [-0.2, 0) is 13.0 Å². The highest BCUT2D eigenvalue weighted by Gasteiger charge is 2.24. The molecule has 2 heterocycles. The van der Waals surface area contributed by atoms with Gasteiger partial charge in [-0.25, -0.2) is 14.0 Å². The molecule has 0 bridgehead atoms. The summed E-state index contributed by atoms with van der Waals surface area (Å²) in [4.78, 5) is 13.1. The van der Waals surface area contributed by atoms with Crippen LogP contribution in [0, 0.1) is 0 Å². The summed E-state index contributed by atoms with van der Waals surface area (Å²) < 4.78 is 3.46. The molecule has 1 atom stereocenters. The molecule has 1 N–H and O–H groups in total. The largest absolute Gasteiger partial charge is 0.350 e. The molecular weight excluding hydrogens is 336 g/mol. The summed E-state index contributed by atoms with van der Waals surface area (Å²) in [5.41, 5.74) is 2.16. The van der Waals surface area contributed by atoms with Crippen molar-refractivity contribution in [3.63, 3.8) is 0 Å². The van der Waals surface area contributed by atoms with E-state index >= 15 is 0 Å². The van der Waals surface area contributed by atoms with Crippen LogP contribution in [-0.4, -0.2) is 27.4 Å². The molecule has 0 saturated carbocycles. The monoisotopic (exact) mass is 362 g/mol. The molecule has 1 saturated heterocycles. The van der Waals surface area contributed by atoms with E-state index in [9.17, 15) is 4.79 Å². The van der Waals surface area contributed by atoms with Gasteiger partial charge in [-0.2, -0.15) is 5.10 Å². The fourth-order valence-electron chi connectivity index (χ4n) is 3.80. The Morgan fingerprint density at radius 2 is 1.78 bits per heavy atom. The minimum absolute atomic E-state index is 0.0326. The van der Waals surface area contributed by atoms with Crippen molar-refractivity contribution in [1.29, 1.82) is 0 Å². The predicted octanol–water partition coefficient (Wildman–Crippen LogP) is 3.13. The smallest absolute Gasteiger partial charge is 0.316 e. The quantitative estimate of drug-likeness (QED) is 0.733. The molecule has 27 heavy (non-hydrogen) atoms. The van der Waals surface area contributed by atoms with Gasteiger partial charge in [0.1, 0.15) is 5.82 Å². The first-order valence-corrected chi connectivity index (χ1v) is 9.83. The SMILES string of the molecule is O=c1n(CCCc2ccccc2)nc([C@H]2CCCNC2)n1-c1ccccc1. The highest BCUT2D eigenvalue weighted by atomic mass is 16.2. The maximum atomic E-state index is 13.1. The van der Waals surface area contributed by atoms with Crippen LogP contribution in [0.3, 0.4) is 0 Å². The van der Waals surface area contributed by atoms with Crippen LogP contribution in [0.5, 0.6) is 0 Å². The maximum Gasteiger partial charge on any atom is 0.350 e. The van der Waals surface area contributed by atoms with Crippen molar-refractivity contribution in [2.75, 3.05) is 13.1 Å². The molecule has 2 aromatic carbocycles. The minimum atomic E-state index is -0.0326. The van der Waals surface area contributed by atoms with E-state index in [1.165, 1.54) is 5.56 Å². The number of piperidine rings is 1. The average molecular weight is 362 g/mol. The third-order valence-corrected chi connectivity index (χ3v) is 5.22. The lowest BCUT2D eigenvalue weighted by molar-refractivity contribution is 0.438. The van der Waals surface area contributed by atoms with E-state index in [1.54, 1.807) is 9.25 Å². The van der Waals surface area contributed by atoms with Crippen molar-refractivity contribution in [3.8, 4) is 5.69 Å². The van der Waals surface area contributed by atoms with Gasteiger partial charge in [0, 0.05) is 19.0 Å². The van der Waals surface area contributed by atoms with Crippen molar-refractivity contribution in [2.24, 2.45) is 0 Å². The molecular formula is C22H26N4O. The molecule has 0 aliphatic carbocycles. The number of para-hydroxylation sites is 1. The zero-order chi connectivity index (χ0) is 18.5. The van der Waals surface area contributed by atoms with Crippen LogP contribution in [0.1, 0.15) is 36.6 Å². The molecule has 1 aromatic heterocycles. The zero-order valence-corrected chi connectivity index (χ0v) is 15.6. The number of nitrogens with zero attached hydrogens (tertiary/aromatic N) is 3. The molecule has 5 heteroatoms. The summed E-state index contributed by atoms with van der Waals surface area (Å²) in [6.07, 6.45) is 4.04. The van der Waals surface area contributed by atoms with Crippen molar-refractivity contribution < 1.29 is 0 Å². The second kappa shape index (κ2) is 8.35. The van der Waals surface area contributed by atoms with E-state index in [4.69, 9.17) is 5.10 Å². The molecule has 1 aliphatic heterocycles. The van der Waals surface area contributed by atoms with E-state index in [0.29, 0.717) is 6.54 Å². The minimum Gasteiger partial charge on any atom is -0.316 e. The summed E-state index contributed by atoms with van der Waals surface area (Å²) in [5, 5.41) is 8.21. The Bertz CT molecular complexity index is 908. The van der Waals surface area contributed by atoms with Gasteiger partial charge in [-0.1, -0.05) is 48.5 Å². The number of aromatic nitrogens is 3. The van der Waals surface area contributed by atoms with E-state index in [0.717, 1.165) is 50.3 Å². The number of nitrogens with one attached hydrogen (secondary N) is 1. The molecule has 0 amide bonds. The van der Waals surface area contributed by atoms with Gasteiger partial charge >= 0.3 is 5.69 Å². The second-order valence-corrected chi connectivity index (χ2v) is 7.17. The first-order chi connectivity index (χ1) is 13.3. The fourth-order valence-corrected chi connectivity index (χ4v) is 3.80. The zero-order valence-electron chi connectivity index (χ0n) is 15.6. The molecule has 0 unspecified atom stereocenters. The average Bonchev–Trinajstić information content (AvgIpc) is 3.06. The molecule has 0 radical (unpaired) electrons. The van der Waals surface area contributed by atoms with Gasteiger partial charge in [-0.15, -0.1) is 0 Å².